The van der Waals surface area contributed by atoms with Gasteiger partial charge in [-0.05, 0) is 104 Å². The number of rotatable bonds is 4. The molecule has 3 fully saturated rings. The summed E-state index contributed by atoms with van der Waals surface area (Å²) in [5, 5.41) is 9.09. The molecule has 2 heteroatoms. The van der Waals surface area contributed by atoms with Crippen LogP contribution in [-0.2, 0) is 4.79 Å². The third-order valence-electron chi connectivity index (χ3n) is 9.70. The van der Waals surface area contributed by atoms with Crippen LogP contribution in [0.5, 0.6) is 0 Å². The minimum atomic E-state index is -0.629. The monoisotopic (exact) mass is 358 g/mol. The van der Waals surface area contributed by atoms with Gasteiger partial charge in [0.15, 0.2) is 0 Å². The Labute approximate surface area is 159 Å². The van der Waals surface area contributed by atoms with Gasteiger partial charge in [0.25, 0.3) is 0 Å². The molecule has 0 saturated heterocycles. The molecule has 0 spiro atoms. The number of aliphatic carboxylic acids is 1. The summed E-state index contributed by atoms with van der Waals surface area (Å²) in [5.41, 5.74) is 0.913. The van der Waals surface area contributed by atoms with E-state index in [-0.39, 0.29) is 0 Å². The fraction of sp³-hybridized carbons (Fsp3) is 0.875. The molecule has 1 unspecified atom stereocenters. The van der Waals surface area contributed by atoms with E-state index in [4.69, 9.17) is 5.11 Å². The number of allylic oxidation sites excluding steroid dienone is 2. The minimum Gasteiger partial charge on any atom is -0.481 e. The molecule has 0 amide bonds. The number of fused-ring (bicyclic) bond motifs is 5. The third kappa shape index (κ3) is 2.78. The standard InChI is InChI=1S/C24H38O2/c1-16(7-12-22(25)26)19-10-11-20-18-9-8-17-6-4-5-14-23(17,2)21(18)13-15-24(19,20)3/h5,14,16-21H,4,6-13,15H2,1-3H3,(H,25,26)/t16-,17?,18+,19-,20+,21+,23+,24-/m1/s1. The van der Waals surface area contributed by atoms with E-state index in [0.29, 0.717) is 23.2 Å². The Kier molecular flexibility index (Phi) is 4.77. The van der Waals surface area contributed by atoms with Crippen molar-refractivity contribution >= 4 is 5.97 Å². The van der Waals surface area contributed by atoms with Crippen molar-refractivity contribution in [1.82, 2.24) is 0 Å². The molecule has 4 aliphatic rings. The van der Waals surface area contributed by atoms with Crippen LogP contribution >= 0.6 is 0 Å². The predicted octanol–water partition coefficient (Wildman–Crippen LogP) is 6.31. The normalized spacial score (nSPS) is 48.3. The number of carbonyl (C=O) groups is 1. The van der Waals surface area contributed by atoms with E-state index in [1.54, 1.807) is 0 Å². The van der Waals surface area contributed by atoms with Crippen molar-refractivity contribution in [2.45, 2.75) is 85.0 Å². The number of hydrogen-bond donors (Lipinski definition) is 1. The molecular weight excluding hydrogens is 320 g/mol. The second-order valence-corrected chi connectivity index (χ2v) is 10.6. The Morgan fingerprint density at radius 1 is 1.12 bits per heavy atom. The minimum absolute atomic E-state index is 0.342. The van der Waals surface area contributed by atoms with E-state index in [1.165, 1.54) is 51.4 Å². The van der Waals surface area contributed by atoms with Gasteiger partial charge in [-0.25, -0.2) is 0 Å². The zero-order chi connectivity index (χ0) is 18.5. The topological polar surface area (TPSA) is 37.3 Å². The Hall–Kier alpha value is -0.790. The Balaban J connectivity index is 1.53. The number of hydrogen-bond acceptors (Lipinski definition) is 1. The van der Waals surface area contributed by atoms with Crippen LogP contribution in [0.1, 0.15) is 85.0 Å². The van der Waals surface area contributed by atoms with Crippen LogP contribution in [0.3, 0.4) is 0 Å². The van der Waals surface area contributed by atoms with Crippen molar-refractivity contribution < 1.29 is 9.90 Å². The lowest BCUT2D eigenvalue weighted by Gasteiger charge is -2.59. The van der Waals surface area contributed by atoms with Crippen LogP contribution in [0.2, 0.25) is 0 Å². The molecule has 1 N–H and O–H groups in total. The Bertz CT molecular complexity index is 581. The van der Waals surface area contributed by atoms with Gasteiger partial charge in [-0.1, -0.05) is 32.9 Å². The quantitative estimate of drug-likeness (QED) is 0.598. The predicted molar refractivity (Wildman–Crippen MR) is 106 cm³/mol. The average molecular weight is 359 g/mol. The lowest BCUT2D eigenvalue weighted by Crippen LogP contribution is -2.52. The number of carboxylic acid groups (broad SMARTS) is 1. The molecule has 4 rings (SSSR count). The molecule has 4 aliphatic carbocycles. The van der Waals surface area contributed by atoms with Crippen LogP contribution in [0.25, 0.3) is 0 Å². The molecular formula is C24H38O2. The maximum Gasteiger partial charge on any atom is 0.303 e. The second-order valence-electron chi connectivity index (χ2n) is 10.6. The Morgan fingerprint density at radius 2 is 1.92 bits per heavy atom. The van der Waals surface area contributed by atoms with Crippen molar-refractivity contribution in [3.63, 3.8) is 0 Å². The molecule has 2 nitrogen and oxygen atoms in total. The summed E-state index contributed by atoms with van der Waals surface area (Å²) in [7, 11) is 0. The summed E-state index contributed by atoms with van der Waals surface area (Å²) in [6.45, 7) is 7.48. The summed E-state index contributed by atoms with van der Waals surface area (Å²) >= 11 is 0. The maximum absolute atomic E-state index is 11.0. The first-order chi connectivity index (χ1) is 12.4. The zero-order valence-electron chi connectivity index (χ0n) is 17.0. The molecule has 0 radical (unpaired) electrons. The van der Waals surface area contributed by atoms with Crippen molar-refractivity contribution in [3.8, 4) is 0 Å². The molecule has 146 valence electrons. The van der Waals surface area contributed by atoms with E-state index in [0.717, 1.165) is 36.0 Å². The summed E-state index contributed by atoms with van der Waals surface area (Å²) in [6.07, 6.45) is 17.4. The van der Waals surface area contributed by atoms with E-state index >= 15 is 0 Å². The Morgan fingerprint density at radius 3 is 2.69 bits per heavy atom. The highest BCUT2D eigenvalue weighted by atomic mass is 16.4. The van der Waals surface area contributed by atoms with Crippen LogP contribution in [-0.4, -0.2) is 11.1 Å². The van der Waals surface area contributed by atoms with E-state index < -0.39 is 5.97 Å². The third-order valence-corrected chi connectivity index (χ3v) is 9.70. The summed E-state index contributed by atoms with van der Waals surface area (Å²) in [6, 6.07) is 0. The molecule has 0 aromatic carbocycles. The highest BCUT2D eigenvalue weighted by Gasteiger charge is 2.59. The van der Waals surface area contributed by atoms with Crippen molar-refractivity contribution in [3.05, 3.63) is 12.2 Å². The van der Waals surface area contributed by atoms with E-state index in [1.807, 2.05) is 0 Å². The molecule has 26 heavy (non-hydrogen) atoms. The highest BCUT2D eigenvalue weighted by molar-refractivity contribution is 5.66. The molecule has 0 aromatic rings. The number of carboxylic acids is 1. The van der Waals surface area contributed by atoms with Gasteiger partial charge in [0.1, 0.15) is 0 Å². The van der Waals surface area contributed by atoms with Crippen LogP contribution in [0, 0.1) is 46.3 Å². The maximum atomic E-state index is 11.0. The van der Waals surface area contributed by atoms with Crippen LogP contribution in [0.15, 0.2) is 12.2 Å². The SMILES string of the molecule is C[C@H](CCC(=O)O)[C@H]1CC[C@H]2[C@@H]3CCC4CCC=C[C@]4(C)[C@H]3CC[C@]12C. The van der Waals surface area contributed by atoms with Gasteiger partial charge >= 0.3 is 5.97 Å². The summed E-state index contributed by atoms with van der Waals surface area (Å²) < 4.78 is 0. The smallest absolute Gasteiger partial charge is 0.303 e. The molecule has 3 saturated carbocycles. The van der Waals surface area contributed by atoms with Crippen LogP contribution in [0.4, 0.5) is 0 Å². The fourth-order valence-electron chi connectivity index (χ4n) is 8.35. The molecule has 0 heterocycles. The van der Waals surface area contributed by atoms with Gasteiger partial charge in [0.05, 0.1) is 0 Å². The average Bonchev–Trinajstić information content (AvgIpc) is 2.96. The van der Waals surface area contributed by atoms with Gasteiger partial charge in [-0.2, -0.15) is 0 Å². The van der Waals surface area contributed by atoms with Gasteiger partial charge in [0, 0.05) is 6.42 Å². The first-order valence-corrected chi connectivity index (χ1v) is 11.3. The first kappa shape index (κ1) is 18.6. The largest absolute Gasteiger partial charge is 0.481 e. The molecule has 0 aliphatic heterocycles. The lowest BCUT2D eigenvalue weighted by molar-refractivity contribution is -0.137. The van der Waals surface area contributed by atoms with Gasteiger partial charge in [0.2, 0.25) is 0 Å². The van der Waals surface area contributed by atoms with Gasteiger partial charge in [-0.3, -0.25) is 4.79 Å². The van der Waals surface area contributed by atoms with E-state index in [2.05, 4.69) is 32.9 Å². The summed E-state index contributed by atoms with van der Waals surface area (Å²) in [4.78, 5) is 11.0. The van der Waals surface area contributed by atoms with Crippen molar-refractivity contribution in [2.24, 2.45) is 46.3 Å². The fourth-order valence-corrected chi connectivity index (χ4v) is 8.35. The second kappa shape index (κ2) is 6.67. The van der Waals surface area contributed by atoms with E-state index in [9.17, 15) is 4.79 Å². The first-order valence-electron chi connectivity index (χ1n) is 11.3. The van der Waals surface area contributed by atoms with Crippen LogP contribution < -0.4 is 0 Å². The van der Waals surface area contributed by atoms with Gasteiger partial charge < -0.3 is 5.11 Å². The zero-order valence-corrected chi connectivity index (χ0v) is 17.0. The molecule has 0 bridgehead atoms. The molecule has 0 aromatic heterocycles. The van der Waals surface area contributed by atoms with Gasteiger partial charge in [-0.15, -0.1) is 0 Å². The highest BCUT2D eigenvalue weighted by Crippen LogP contribution is 2.67. The molecule has 8 atom stereocenters. The van der Waals surface area contributed by atoms with Crippen molar-refractivity contribution in [2.75, 3.05) is 0 Å². The van der Waals surface area contributed by atoms with Crippen molar-refractivity contribution in [1.29, 1.82) is 0 Å². The lowest BCUT2D eigenvalue weighted by atomic mass is 9.45. The summed E-state index contributed by atoms with van der Waals surface area (Å²) in [5.74, 6) is 4.27.